The van der Waals surface area contributed by atoms with E-state index < -0.39 is 24.5 Å². The summed E-state index contributed by atoms with van der Waals surface area (Å²) in [5.41, 5.74) is 5.50. The second-order valence-electron chi connectivity index (χ2n) is 4.19. The highest BCUT2D eigenvalue weighted by Gasteiger charge is 2.16. The second-order valence-corrected chi connectivity index (χ2v) is 4.19. The summed E-state index contributed by atoms with van der Waals surface area (Å²) in [6.45, 7) is -1.78. The minimum Gasteiger partial charge on any atom is -0.434 e. The molecule has 0 aromatic heterocycles. The fourth-order valence-electron chi connectivity index (χ4n) is 1.66. The van der Waals surface area contributed by atoms with E-state index in [9.17, 15) is 18.4 Å². The molecule has 1 rings (SSSR count). The Morgan fingerprint density at radius 3 is 2.57 bits per heavy atom. The van der Waals surface area contributed by atoms with Crippen molar-refractivity contribution in [3.05, 3.63) is 29.8 Å². The predicted molar refractivity (Wildman–Crippen MR) is 71.7 cm³/mol. The van der Waals surface area contributed by atoms with Gasteiger partial charge in [0, 0.05) is 5.56 Å². The first-order valence-electron chi connectivity index (χ1n) is 6.24. The molecule has 6 nitrogen and oxygen atoms in total. The molecule has 0 bridgehead atoms. The van der Waals surface area contributed by atoms with Crippen molar-refractivity contribution in [1.29, 1.82) is 0 Å². The molecule has 1 aromatic rings. The van der Waals surface area contributed by atoms with Gasteiger partial charge in [0.05, 0.1) is 19.1 Å². The standard InChI is InChI=1S/C13H17F2N3O3/c1-8(18-12(20)7-17-11(19)6-16)9-4-2-3-5-10(9)21-13(14)15/h2-5,8,13H,6-7,16H2,1H3,(H,17,19)(H,18,20). The molecular formula is C13H17F2N3O3. The third kappa shape index (κ3) is 5.74. The Hall–Kier alpha value is -2.22. The number of rotatable bonds is 7. The van der Waals surface area contributed by atoms with E-state index in [1.165, 1.54) is 6.07 Å². The number of carbonyl (C=O) groups excluding carboxylic acids is 2. The Balaban J connectivity index is 2.64. The molecule has 8 heteroatoms. The Morgan fingerprint density at radius 1 is 1.29 bits per heavy atom. The summed E-state index contributed by atoms with van der Waals surface area (Å²) in [5.74, 6) is -0.929. The van der Waals surface area contributed by atoms with Gasteiger partial charge in [-0.15, -0.1) is 0 Å². The van der Waals surface area contributed by atoms with Gasteiger partial charge in [-0.3, -0.25) is 9.59 Å². The van der Waals surface area contributed by atoms with Gasteiger partial charge < -0.3 is 21.1 Å². The van der Waals surface area contributed by atoms with Gasteiger partial charge in [0.2, 0.25) is 11.8 Å². The maximum atomic E-state index is 12.3. The average molecular weight is 301 g/mol. The Labute approximate surface area is 120 Å². The van der Waals surface area contributed by atoms with Crippen LogP contribution in [-0.2, 0) is 9.59 Å². The van der Waals surface area contributed by atoms with Gasteiger partial charge in [-0.25, -0.2) is 0 Å². The molecule has 21 heavy (non-hydrogen) atoms. The first kappa shape index (κ1) is 16.8. The van der Waals surface area contributed by atoms with Crippen LogP contribution in [0.5, 0.6) is 5.75 Å². The van der Waals surface area contributed by atoms with E-state index in [-0.39, 0.29) is 18.8 Å². The van der Waals surface area contributed by atoms with E-state index in [2.05, 4.69) is 15.4 Å². The normalized spacial score (nSPS) is 11.9. The number of halogens is 2. The quantitative estimate of drug-likeness (QED) is 0.685. The second kappa shape index (κ2) is 8.15. The third-order valence-electron chi connectivity index (χ3n) is 2.61. The molecule has 1 aromatic carbocycles. The summed E-state index contributed by atoms with van der Waals surface area (Å²) in [5, 5.41) is 4.88. The average Bonchev–Trinajstić information content (AvgIpc) is 2.44. The van der Waals surface area contributed by atoms with Crippen LogP contribution < -0.4 is 21.1 Å². The minimum absolute atomic E-state index is 0.00806. The molecule has 0 spiro atoms. The molecule has 2 amide bonds. The van der Waals surface area contributed by atoms with E-state index in [1.54, 1.807) is 25.1 Å². The summed E-state index contributed by atoms with van der Waals surface area (Å²) in [6.07, 6.45) is 0. The fraction of sp³-hybridized carbons (Fsp3) is 0.385. The lowest BCUT2D eigenvalue weighted by molar-refractivity contribution is -0.125. The van der Waals surface area contributed by atoms with Gasteiger partial charge in [-0.2, -0.15) is 8.78 Å². The zero-order chi connectivity index (χ0) is 15.8. The lowest BCUT2D eigenvalue weighted by Gasteiger charge is -2.18. The summed E-state index contributed by atoms with van der Waals surface area (Å²) in [6, 6.07) is 5.60. The summed E-state index contributed by atoms with van der Waals surface area (Å²) in [7, 11) is 0. The monoisotopic (exact) mass is 301 g/mol. The molecule has 116 valence electrons. The first-order valence-corrected chi connectivity index (χ1v) is 6.24. The summed E-state index contributed by atoms with van der Waals surface area (Å²) in [4.78, 5) is 22.6. The molecule has 0 aliphatic rings. The third-order valence-corrected chi connectivity index (χ3v) is 2.61. The topological polar surface area (TPSA) is 93.5 Å². The van der Waals surface area contributed by atoms with Crippen molar-refractivity contribution in [1.82, 2.24) is 10.6 Å². The molecule has 4 N–H and O–H groups in total. The van der Waals surface area contributed by atoms with Gasteiger partial charge in [0.15, 0.2) is 0 Å². The zero-order valence-corrected chi connectivity index (χ0v) is 11.4. The number of amides is 2. The number of ether oxygens (including phenoxy) is 1. The molecule has 0 radical (unpaired) electrons. The molecule has 0 heterocycles. The van der Waals surface area contributed by atoms with Crippen molar-refractivity contribution in [3.63, 3.8) is 0 Å². The predicted octanol–water partition coefficient (Wildman–Crippen LogP) is 0.540. The van der Waals surface area contributed by atoms with E-state index in [4.69, 9.17) is 5.73 Å². The smallest absolute Gasteiger partial charge is 0.387 e. The Bertz CT molecular complexity index is 497. The van der Waals surface area contributed by atoms with Gasteiger partial charge in [-0.05, 0) is 13.0 Å². The molecular weight excluding hydrogens is 284 g/mol. The number of hydrogen-bond donors (Lipinski definition) is 3. The van der Waals surface area contributed by atoms with Crippen LogP contribution in [0.3, 0.4) is 0 Å². The molecule has 0 fully saturated rings. The molecule has 0 saturated heterocycles. The van der Waals surface area contributed by atoms with E-state index in [0.29, 0.717) is 5.56 Å². The maximum absolute atomic E-state index is 12.3. The lowest BCUT2D eigenvalue weighted by atomic mass is 10.1. The van der Waals surface area contributed by atoms with Gasteiger partial charge in [-0.1, -0.05) is 18.2 Å². The molecule has 1 atom stereocenters. The van der Waals surface area contributed by atoms with Gasteiger partial charge in [0.25, 0.3) is 0 Å². The SMILES string of the molecule is CC(NC(=O)CNC(=O)CN)c1ccccc1OC(F)F. The van der Waals surface area contributed by atoms with Gasteiger partial charge in [0.1, 0.15) is 5.75 Å². The minimum atomic E-state index is -2.95. The first-order chi connectivity index (χ1) is 9.93. The largest absolute Gasteiger partial charge is 0.434 e. The number of carbonyl (C=O) groups is 2. The van der Waals surface area contributed by atoms with Crippen LogP contribution >= 0.6 is 0 Å². The van der Waals surface area contributed by atoms with Crippen molar-refractivity contribution >= 4 is 11.8 Å². The highest BCUT2D eigenvalue weighted by molar-refractivity contribution is 5.85. The number of nitrogens with one attached hydrogen (secondary N) is 2. The number of para-hydroxylation sites is 1. The van der Waals surface area contributed by atoms with Crippen molar-refractivity contribution in [2.24, 2.45) is 5.73 Å². The Kier molecular flexibility index (Phi) is 6.54. The highest BCUT2D eigenvalue weighted by atomic mass is 19.3. The van der Waals surface area contributed by atoms with Crippen molar-refractivity contribution in [3.8, 4) is 5.75 Å². The van der Waals surface area contributed by atoms with Crippen LogP contribution in [0.2, 0.25) is 0 Å². The van der Waals surface area contributed by atoms with Crippen LogP contribution in [0.4, 0.5) is 8.78 Å². The van der Waals surface area contributed by atoms with Crippen LogP contribution in [0, 0.1) is 0 Å². The van der Waals surface area contributed by atoms with Crippen LogP contribution in [0.25, 0.3) is 0 Å². The number of alkyl halides is 2. The van der Waals surface area contributed by atoms with E-state index >= 15 is 0 Å². The number of hydrogen-bond acceptors (Lipinski definition) is 4. The van der Waals surface area contributed by atoms with Gasteiger partial charge >= 0.3 is 6.61 Å². The zero-order valence-electron chi connectivity index (χ0n) is 11.4. The summed E-state index contributed by atoms with van der Waals surface area (Å²) < 4.78 is 29.0. The molecule has 0 aliphatic carbocycles. The van der Waals surface area contributed by atoms with E-state index in [1.807, 2.05) is 0 Å². The number of nitrogens with two attached hydrogens (primary N) is 1. The molecule has 1 unspecified atom stereocenters. The molecule has 0 aliphatic heterocycles. The number of benzene rings is 1. The summed E-state index contributed by atoms with van der Waals surface area (Å²) >= 11 is 0. The Morgan fingerprint density at radius 2 is 1.95 bits per heavy atom. The van der Waals surface area contributed by atoms with Crippen molar-refractivity contribution < 1.29 is 23.1 Å². The van der Waals surface area contributed by atoms with Crippen LogP contribution in [-0.4, -0.2) is 31.5 Å². The molecule has 0 saturated carbocycles. The highest BCUT2D eigenvalue weighted by Crippen LogP contribution is 2.26. The van der Waals surface area contributed by atoms with Crippen LogP contribution in [0.1, 0.15) is 18.5 Å². The van der Waals surface area contributed by atoms with Crippen LogP contribution in [0.15, 0.2) is 24.3 Å². The van der Waals surface area contributed by atoms with E-state index in [0.717, 1.165) is 0 Å². The maximum Gasteiger partial charge on any atom is 0.387 e. The van der Waals surface area contributed by atoms with Crippen molar-refractivity contribution in [2.75, 3.05) is 13.1 Å². The fourth-order valence-corrected chi connectivity index (χ4v) is 1.66. The van der Waals surface area contributed by atoms with Crippen molar-refractivity contribution in [2.45, 2.75) is 19.6 Å². The lowest BCUT2D eigenvalue weighted by Crippen LogP contribution is -2.40.